The highest BCUT2D eigenvalue weighted by molar-refractivity contribution is 5.84. The zero-order chi connectivity index (χ0) is 12.7. The number of hydrogen-bond donors (Lipinski definition) is 1. The minimum atomic E-state index is -0.150. The van der Waals surface area contributed by atoms with Gasteiger partial charge >= 0.3 is 0 Å². The Labute approximate surface area is 107 Å². The minimum absolute atomic E-state index is 0.150. The molecule has 2 nitrogen and oxygen atoms in total. The fourth-order valence-electron chi connectivity index (χ4n) is 3.03. The Kier molecular flexibility index (Phi) is 2.86. The largest absolute Gasteiger partial charge is 0.361 e. The molecule has 1 aliphatic rings. The standard InChI is InChI=1S/C15H19FN2/c1-3-18(4-2)15-8-12(15)13-9-17-14-6-5-10(16)7-11(13)14/h5-7,9,12,15,17H,3-4,8H2,1-2H3/t12-,15+/m0/s1. The van der Waals surface area contributed by atoms with E-state index in [1.165, 1.54) is 18.1 Å². The van der Waals surface area contributed by atoms with Crippen LogP contribution in [0.1, 0.15) is 31.7 Å². The van der Waals surface area contributed by atoms with Gasteiger partial charge in [-0.25, -0.2) is 4.39 Å². The Morgan fingerprint density at radius 3 is 2.83 bits per heavy atom. The molecule has 1 aliphatic carbocycles. The molecule has 0 radical (unpaired) electrons. The van der Waals surface area contributed by atoms with Crippen molar-refractivity contribution in [2.45, 2.75) is 32.2 Å². The monoisotopic (exact) mass is 246 g/mol. The summed E-state index contributed by atoms with van der Waals surface area (Å²) in [7, 11) is 0. The van der Waals surface area contributed by atoms with Crippen LogP contribution in [0.5, 0.6) is 0 Å². The first-order chi connectivity index (χ1) is 8.74. The fraction of sp³-hybridized carbons (Fsp3) is 0.467. The van der Waals surface area contributed by atoms with E-state index >= 15 is 0 Å². The Morgan fingerprint density at radius 1 is 1.33 bits per heavy atom. The Bertz CT molecular complexity index is 557. The zero-order valence-corrected chi connectivity index (χ0v) is 10.9. The predicted molar refractivity (Wildman–Crippen MR) is 72.3 cm³/mol. The van der Waals surface area contributed by atoms with Crippen LogP contribution in [0.2, 0.25) is 0 Å². The molecular formula is C15H19FN2. The van der Waals surface area contributed by atoms with Crippen LogP contribution in [-0.2, 0) is 0 Å². The zero-order valence-electron chi connectivity index (χ0n) is 10.9. The van der Waals surface area contributed by atoms with E-state index < -0.39 is 0 Å². The summed E-state index contributed by atoms with van der Waals surface area (Å²) in [5.74, 6) is 0.420. The van der Waals surface area contributed by atoms with E-state index in [4.69, 9.17) is 0 Å². The van der Waals surface area contributed by atoms with Gasteiger partial charge in [-0.05, 0) is 43.3 Å². The molecule has 1 aromatic heterocycles. The van der Waals surface area contributed by atoms with E-state index in [0.717, 1.165) is 24.0 Å². The molecule has 18 heavy (non-hydrogen) atoms. The van der Waals surface area contributed by atoms with Gasteiger partial charge in [-0.3, -0.25) is 0 Å². The highest BCUT2D eigenvalue weighted by atomic mass is 19.1. The van der Waals surface area contributed by atoms with E-state index in [1.54, 1.807) is 6.07 Å². The molecule has 0 bridgehead atoms. The van der Waals surface area contributed by atoms with Crippen LogP contribution in [-0.4, -0.2) is 29.0 Å². The van der Waals surface area contributed by atoms with Gasteiger partial charge in [0.2, 0.25) is 0 Å². The van der Waals surface area contributed by atoms with Gasteiger partial charge < -0.3 is 9.88 Å². The molecule has 0 unspecified atom stereocenters. The van der Waals surface area contributed by atoms with Gasteiger partial charge in [0, 0.05) is 29.1 Å². The summed E-state index contributed by atoms with van der Waals surface area (Å²) in [6, 6.07) is 5.63. The maximum Gasteiger partial charge on any atom is 0.123 e. The van der Waals surface area contributed by atoms with Gasteiger partial charge in [-0.2, -0.15) is 0 Å². The van der Waals surface area contributed by atoms with Crippen LogP contribution in [0.15, 0.2) is 24.4 Å². The van der Waals surface area contributed by atoms with Crippen LogP contribution in [0, 0.1) is 5.82 Å². The molecule has 2 atom stereocenters. The third-order valence-corrected chi connectivity index (χ3v) is 4.11. The normalized spacial score (nSPS) is 22.9. The second-order valence-electron chi connectivity index (χ2n) is 5.06. The molecule has 0 spiro atoms. The first kappa shape index (κ1) is 11.7. The summed E-state index contributed by atoms with van der Waals surface area (Å²) in [6.45, 7) is 6.59. The molecule has 3 rings (SSSR count). The third kappa shape index (κ3) is 1.83. The minimum Gasteiger partial charge on any atom is -0.361 e. The number of halogens is 1. The van der Waals surface area contributed by atoms with Gasteiger partial charge in [-0.1, -0.05) is 13.8 Å². The molecule has 3 heteroatoms. The smallest absolute Gasteiger partial charge is 0.123 e. The molecule has 1 fully saturated rings. The van der Waals surface area contributed by atoms with Crippen molar-refractivity contribution in [2.24, 2.45) is 0 Å². The lowest BCUT2D eigenvalue weighted by Gasteiger charge is -2.17. The maximum absolute atomic E-state index is 13.3. The molecule has 96 valence electrons. The van der Waals surface area contributed by atoms with E-state index in [1.807, 2.05) is 6.07 Å². The predicted octanol–water partition coefficient (Wildman–Crippen LogP) is 3.50. The first-order valence-electron chi connectivity index (χ1n) is 6.75. The summed E-state index contributed by atoms with van der Waals surface area (Å²) < 4.78 is 13.3. The molecule has 1 N–H and O–H groups in total. The number of likely N-dealkylation sites (N-methyl/N-ethyl adjacent to an activating group) is 1. The summed E-state index contributed by atoms with van der Waals surface area (Å²) in [4.78, 5) is 5.74. The maximum atomic E-state index is 13.3. The Morgan fingerprint density at radius 2 is 2.11 bits per heavy atom. The number of hydrogen-bond acceptors (Lipinski definition) is 1. The van der Waals surface area contributed by atoms with Crippen LogP contribution in [0.4, 0.5) is 4.39 Å². The van der Waals surface area contributed by atoms with Crippen LogP contribution < -0.4 is 0 Å². The number of benzene rings is 1. The average Bonchev–Trinajstić information content (AvgIpc) is 3.03. The number of aromatic amines is 1. The summed E-state index contributed by atoms with van der Waals surface area (Å²) in [5, 5.41) is 1.05. The molecule has 1 aromatic carbocycles. The molecule has 1 saturated carbocycles. The molecule has 0 amide bonds. The Balaban J connectivity index is 1.90. The number of fused-ring (bicyclic) bond motifs is 1. The number of rotatable bonds is 4. The average molecular weight is 246 g/mol. The van der Waals surface area contributed by atoms with Crippen LogP contribution >= 0.6 is 0 Å². The molecule has 1 heterocycles. The van der Waals surface area contributed by atoms with Gasteiger partial charge in [0.15, 0.2) is 0 Å². The van der Waals surface area contributed by atoms with E-state index in [-0.39, 0.29) is 5.82 Å². The van der Waals surface area contributed by atoms with E-state index in [2.05, 4.69) is 29.9 Å². The van der Waals surface area contributed by atoms with Crippen molar-refractivity contribution >= 4 is 10.9 Å². The van der Waals surface area contributed by atoms with Crippen molar-refractivity contribution in [1.29, 1.82) is 0 Å². The van der Waals surface area contributed by atoms with Crippen molar-refractivity contribution in [3.05, 3.63) is 35.8 Å². The van der Waals surface area contributed by atoms with Crippen molar-refractivity contribution in [3.8, 4) is 0 Å². The lowest BCUT2D eigenvalue weighted by molar-refractivity contribution is 0.288. The van der Waals surface area contributed by atoms with Gasteiger partial charge in [-0.15, -0.1) is 0 Å². The SMILES string of the molecule is CCN(CC)[C@@H]1C[C@H]1c1c[nH]c2ccc(F)cc12. The van der Waals surface area contributed by atoms with E-state index in [0.29, 0.717) is 12.0 Å². The second-order valence-corrected chi connectivity index (χ2v) is 5.06. The first-order valence-corrected chi connectivity index (χ1v) is 6.75. The lowest BCUT2D eigenvalue weighted by atomic mass is 10.1. The lowest BCUT2D eigenvalue weighted by Crippen LogP contribution is -2.26. The summed E-state index contributed by atoms with van der Waals surface area (Å²) >= 11 is 0. The number of aromatic nitrogens is 1. The van der Waals surface area contributed by atoms with Crippen LogP contribution in [0.3, 0.4) is 0 Å². The second kappa shape index (κ2) is 4.39. The van der Waals surface area contributed by atoms with Crippen molar-refractivity contribution < 1.29 is 4.39 Å². The molecular weight excluding hydrogens is 227 g/mol. The number of nitrogens with one attached hydrogen (secondary N) is 1. The quantitative estimate of drug-likeness (QED) is 0.874. The summed E-state index contributed by atoms with van der Waals surface area (Å²) in [5.41, 5.74) is 2.32. The van der Waals surface area contributed by atoms with Crippen molar-refractivity contribution in [2.75, 3.05) is 13.1 Å². The topological polar surface area (TPSA) is 19.0 Å². The number of H-pyrrole nitrogens is 1. The molecule has 0 saturated heterocycles. The molecule has 2 aromatic rings. The van der Waals surface area contributed by atoms with Crippen molar-refractivity contribution in [1.82, 2.24) is 9.88 Å². The van der Waals surface area contributed by atoms with Gasteiger partial charge in [0.05, 0.1) is 0 Å². The Hall–Kier alpha value is -1.35. The third-order valence-electron chi connectivity index (χ3n) is 4.11. The van der Waals surface area contributed by atoms with Crippen molar-refractivity contribution in [3.63, 3.8) is 0 Å². The van der Waals surface area contributed by atoms with Gasteiger partial charge in [0.1, 0.15) is 5.82 Å². The van der Waals surface area contributed by atoms with E-state index in [9.17, 15) is 4.39 Å². The molecule has 0 aliphatic heterocycles. The fourth-order valence-corrected chi connectivity index (χ4v) is 3.03. The highest BCUT2D eigenvalue weighted by Gasteiger charge is 2.42. The van der Waals surface area contributed by atoms with Crippen LogP contribution in [0.25, 0.3) is 10.9 Å². The summed E-state index contributed by atoms with van der Waals surface area (Å²) in [6.07, 6.45) is 3.25. The number of nitrogens with zero attached hydrogens (tertiary/aromatic N) is 1. The van der Waals surface area contributed by atoms with Gasteiger partial charge in [0.25, 0.3) is 0 Å². The highest BCUT2D eigenvalue weighted by Crippen LogP contribution is 2.46.